The molecule has 5 nitrogen and oxygen atoms in total. The van der Waals surface area contributed by atoms with Crippen LogP contribution in [0.25, 0.3) is 0 Å². The molecule has 1 heterocycles. The highest BCUT2D eigenvalue weighted by Gasteiger charge is 2.25. The van der Waals surface area contributed by atoms with E-state index in [0.717, 1.165) is 37.0 Å². The second-order valence-corrected chi connectivity index (χ2v) is 6.01. The summed E-state index contributed by atoms with van der Waals surface area (Å²) in [5.74, 6) is -0.784. The number of amides is 1. The van der Waals surface area contributed by atoms with Crippen molar-refractivity contribution in [3.8, 4) is 0 Å². The molecule has 0 aromatic carbocycles. The highest BCUT2D eigenvalue weighted by molar-refractivity contribution is 7.13. The number of aromatic carboxylic acids is 1. The van der Waals surface area contributed by atoms with Crippen LogP contribution >= 0.6 is 11.3 Å². The van der Waals surface area contributed by atoms with Gasteiger partial charge in [-0.15, -0.1) is 11.3 Å². The number of carbonyl (C=O) groups excluding carboxylic acids is 1. The van der Waals surface area contributed by atoms with E-state index >= 15 is 0 Å². The van der Waals surface area contributed by atoms with Crippen molar-refractivity contribution >= 4 is 23.2 Å². The number of aryl methyl sites for hydroxylation is 1. The molecule has 1 aliphatic rings. The second kappa shape index (κ2) is 5.69. The van der Waals surface area contributed by atoms with Crippen LogP contribution in [-0.2, 0) is 4.79 Å². The quantitative estimate of drug-likeness (QED) is 0.889. The third kappa shape index (κ3) is 3.12. The van der Waals surface area contributed by atoms with Crippen molar-refractivity contribution in [1.29, 1.82) is 0 Å². The smallest absolute Gasteiger partial charge is 0.347 e. The number of thiazole rings is 1. The van der Waals surface area contributed by atoms with E-state index in [0.29, 0.717) is 10.7 Å². The number of hydrogen-bond donors (Lipinski definition) is 2. The lowest BCUT2D eigenvalue weighted by atomic mass is 10.1. The van der Waals surface area contributed by atoms with E-state index in [1.165, 1.54) is 0 Å². The maximum Gasteiger partial charge on any atom is 0.347 e. The van der Waals surface area contributed by atoms with Gasteiger partial charge >= 0.3 is 5.97 Å². The molecule has 1 saturated carbocycles. The summed E-state index contributed by atoms with van der Waals surface area (Å²) in [7, 11) is 0. The molecule has 1 aromatic rings. The van der Waals surface area contributed by atoms with Crippen LogP contribution in [0.5, 0.6) is 0 Å². The number of nitrogens with zero attached hydrogens (tertiary/aromatic N) is 1. The average Bonchev–Trinajstić information content (AvgIpc) is 2.96. The zero-order valence-electron chi connectivity index (χ0n) is 11.1. The molecule has 2 rings (SSSR count). The van der Waals surface area contributed by atoms with Crippen molar-refractivity contribution < 1.29 is 14.7 Å². The molecule has 0 spiro atoms. The molecule has 1 aromatic heterocycles. The van der Waals surface area contributed by atoms with E-state index in [1.807, 2.05) is 6.92 Å². The topological polar surface area (TPSA) is 79.3 Å². The first-order valence-corrected chi connectivity index (χ1v) is 7.31. The molecule has 2 N–H and O–H groups in total. The fourth-order valence-electron chi connectivity index (χ4n) is 2.38. The van der Waals surface area contributed by atoms with Gasteiger partial charge in [-0.25, -0.2) is 9.78 Å². The Morgan fingerprint density at radius 3 is 2.58 bits per heavy atom. The van der Waals surface area contributed by atoms with E-state index in [4.69, 9.17) is 5.11 Å². The molecule has 0 radical (unpaired) electrons. The van der Waals surface area contributed by atoms with Crippen LogP contribution in [0, 0.1) is 12.8 Å². The minimum Gasteiger partial charge on any atom is -0.477 e. The Morgan fingerprint density at radius 2 is 2.05 bits per heavy atom. The van der Waals surface area contributed by atoms with Crippen molar-refractivity contribution in [3.05, 3.63) is 15.6 Å². The van der Waals surface area contributed by atoms with Gasteiger partial charge in [-0.2, -0.15) is 0 Å². The Hall–Kier alpha value is -1.43. The maximum atomic E-state index is 12.0. The van der Waals surface area contributed by atoms with Gasteiger partial charge in [0.15, 0.2) is 0 Å². The van der Waals surface area contributed by atoms with Crippen molar-refractivity contribution in [2.24, 2.45) is 5.92 Å². The Labute approximate surface area is 116 Å². The minimum absolute atomic E-state index is 0.0646. The summed E-state index contributed by atoms with van der Waals surface area (Å²) in [5.41, 5.74) is 0.509. The van der Waals surface area contributed by atoms with Gasteiger partial charge in [-0.1, -0.05) is 12.8 Å². The minimum atomic E-state index is -0.962. The Balaban J connectivity index is 2.03. The third-order valence-corrected chi connectivity index (χ3v) is 4.79. The lowest BCUT2D eigenvalue weighted by molar-refractivity contribution is -0.125. The molecule has 0 aliphatic heterocycles. The fraction of sp³-hybridized carbons (Fsp3) is 0.615. The molecule has 104 valence electrons. The molecule has 0 bridgehead atoms. The predicted molar refractivity (Wildman–Crippen MR) is 72.3 cm³/mol. The molecule has 1 unspecified atom stereocenters. The summed E-state index contributed by atoms with van der Waals surface area (Å²) in [6.07, 6.45) is 4.14. The van der Waals surface area contributed by atoms with Crippen molar-refractivity contribution in [1.82, 2.24) is 10.3 Å². The first-order valence-electron chi connectivity index (χ1n) is 6.50. The molecule has 1 atom stereocenters. The van der Waals surface area contributed by atoms with Crippen LogP contribution in [0.4, 0.5) is 0 Å². The van der Waals surface area contributed by atoms with Crippen LogP contribution < -0.4 is 5.32 Å². The second-order valence-electron chi connectivity index (χ2n) is 4.98. The SMILES string of the molecule is Cc1nc(C(C)NC(=O)C2CCCC2)sc1C(=O)O. The number of carboxylic acid groups (broad SMARTS) is 1. The van der Waals surface area contributed by atoms with E-state index < -0.39 is 5.97 Å². The summed E-state index contributed by atoms with van der Waals surface area (Å²) >= 11 is 1.13. The fourth-order valence-corrected chi connectivity index (χ4v) is 3.29. The first-order chi connectivity index (χ1) is 8.99. The highest BCUT2D eigenvalue weighted by Crippen LogP contribution is 2.27. The highest BCUT2D eigenvalue weighted by atomic mass is 32.1. The molecule has 19 heavy (non-hydrogen) atoms. The van der Waals surface area contributed by atoms with Crippen LogP contribution in [0.1, 0.15) is 59.0 Å². The monoisotopic (exact) mass is 282 g/mol. The van der Waals surface area contributed by atoms with Crippen LogP contribution in [0.15, 0.2) is 0 Å². The van der Waals surface area contributed by atoms with Gasteiger partial charge in [-0.05, 0) is 26.7 Å². The zero-order chi connectivity index (χ0) is 14.0. The normalized spacial score (nSPS) is 17.4. The molecule has 1 fully saturated rings. The largest absolute Gasteiger partial charge is 0.477 e. The zero-order valence-corrected chi connectivity index (χ0v) is 11.9. The number of rotatable bonds is 4. The number of carbonyl (C=O) groups is 2. The Morgan fingerprint density at radius 1 is 1.42 bits per heavy atom. The average molecular weight is 282 g/mol. The van der Waals surface area contributed by atoms with Crippen molar-refractivity contribution in [3.63, 3.8) is 0 Å². The first kappa shape index (κ1) is 14.0. The Kier molecular flexibility index (Phi) is 4.19. The van der Waals surface area contributed by atoms with Gasteiger partial charge in [0.05, 0.1) is 11.7 Å². The van der Waals surface area contributed by atoms with Crippen LogP contribution in [-0.4, -0.2) is 22.0 Å². The van der Waals surface area contributed by atoms with E-state index in [1.54, 1.807) is 6.92 Å². The lowest BCUT2D eigenvalue weighted by Crippen LogP contribution is -2.31. The summed E-state index contributed by atoms with van der Waals surface area (Å²) in [6.45, 7) is 3.52. The third-order valence-electron chi connectivity index (χ3n) is 3.46. The van der Waals surface area contributed by atoms with Gasteiger partial charge in [0.2, 0.25) is 5.91 Å². The molecular weight excluding hydrogens is 264 g/mol. The molecule has 6 heteroatoms. The summed E-state index contributed by atoms with van der Waals surface area (Å²) in [4.78, 5) is 27.5. The number of aromatic nitrogens is 1. The van der Waals surface area contributed by atoms with E-state index in [9.17, 15) is 9.59 Å². The summed E-state index contributed by atoms with van der Waals surface area (Å²) < 4.78 is 0. The van der Waals surface area contributed by atoms with Crippen LogP contribution in [0.2, 0.25) is 0 Å². The van der Waals surface area contributed by atoms with Gasteiger partial charge < -0.3 is 10.4 Å². The summed E-state index contributed by atoms with van der Waals surface area (Å²) in [6, 6.07) is -0.232. The maximum absolute atomic E-state index is 12.0. The standard InChI is InChI=1S/C13H18N2O3S/c1-7-10(13(17)18)19-12(15-7)8(2)14-11(16)9-5-3-4-6-9/h8-9H,3-6H2,1-2H3,(H,14,16)(H,17,18). The molecule has 1 aliphatic carbocycles. The van der Waals surface area contributed by atoms with E-state index in [-0.39, 0.29) is 22.7 Å². The van der Waals surface area contributed by atoms with Gasteiger partial charge in [0, 0.05) is 5.92 Å². The molecular formula is C13H18N2O3S. The Bertz CT molecular complexity index is 492. The molecule has 1 amide bonds. The van der Waals surface area contributed by atoms with E-state index in [2.05, 4.69) is 10.3 Å². The summed E-state index contributed by atoms with van der Waals surface area (Å²) in [5, 5.41) is 12.6. The van der Waals surface area contributed by atoms with Gasteiger partial charge in [0.1, 0.15) is 9.88 Å². The lowest BCUT2D eigenvalue weighted by Gasteiger charge is -2.14. The van der Waals surface area contributed by atoms with Crippen LogP contribution in [0.3, 0.4) is 0 Å². The number of carboxylic acids is 1. The van der Waals surface area contributed by atoms with Crippen molar-refractivity contribution in [2.45, 2.75) is 45.6 Å². The van der Waals surface area contributed by atoms with Gasteiger partial charge in [-0.3, -0.25) is 4.79 Å². The number of hydrogen-bond acceptors (Lipinski definition) is 4. The predicted octanol–water partition coefficient (Wildman–Crippen LogP) is 2.52. The van der Waals surface area contributed by atoms with Crippen molar-refractivity contribution in [2.75, 3.05) is 0 Å². The number of nitrogens with one attached hydrogen (secondary N) is 1. The molecule has 0 saturated heterocycles. The van der Waals surface area contributed by atoms with Gasteiger partial charge in [0.25, 0.3) is 0 Å².